The first-order chi connectivity index (χ1) is 7.07. The maximum absolute atomic E-state index is 13.3. The van der Waals surface area contributed by atoms with Gasteiger partial charge in [-0.15, -0.1) is 12.4 Å². The van der Waals surface area contributed by atoms with Crippen LogP contribution < -0.4 is 5.73 Å². The predicted octanol–water partition coefficient (Wildman–Crippen LogP) is 2.55. The van der Waals surface area contributed by atoms with Gasteiger partial charge in [0.15, 0.2) is 11.6 Å². The lowest BCUT2D eigenvalue weighted by Gasteiger charge is -2.19. The summed E-state index contributed by atoms with van der Waals surface area (Å²) in [5.74, 6) is -1.91. The van der Waals surface area contributed by atoms with Crippen molar-refractivity contribution in [3.63, 3.8) is 0 Å². The van der Waals surface area contributed by atoms with Crippen LogP contribution in [0.3, 0.4) is 0 Å². The molecule has 0 saturated carbocycles. The van der Waals surface area contributed by atoms with Gasteiger partial charge < -0.3 is 10.8 Å². The molecule has 0 saturated heterocycles. The molecular formula is C11H16ClF2NO. The lowest BCUT2D eigenvalue weighted by molar-refractivity contribution is 0.132. The largest absolute Gasteiger partial charge is 0.391 e. The van der Waals surface area contributed by atoms with E-state index in [0.717, 1.165) is 12.5 Å². The van der Waals surface area contributed by atoms with Crippen LogP contribution in [0.25, 0.3) is 0 Å². The number of aliphatic hydroxyl groups is 1. The van der Waals surface area contributed by atoms with E-state index in [1.807, 2.05) is 6.92 Å². The van der Waals surface area contributed by atoms with Gasteiger partial charge in [0, 0.05) is 5.56 Å². The van der Waals surface area contributed by atoms with Crippen molar-refractivity contribution in [1.82, 2.24) is 0 Å². The van der Waals surface area contributed by atoms with Crippen LogP contribution in [-0.2, 0) is 0 Å². The number of benzene rings is 1. The van der Waals surface area contributed by atoms with E-state index in [1.54, 1.807) is 0 Å². The van der Waals surface area contributed by atoms with Gasteiger partial charge >= 0.3 is 0 Å². The lowest BCUT2D eigenvalue weighted by Crippen LogP contribution is -2.27. The Kier molecular flexibility index (Phi) is 6.48. The van der Waals surface area contributed by atoms with Crippen molar-refractivity contribution in [3.05, 3.63) is 35.4 Å². The zero-order chi connectivity index (χ0) is 11.4. The summed E-state index contributed by atoms with van der Waals surface area (Å²) < 4.78 is 26.2. The van der Waals surface area contributed by atoms with Gasteiger partial charge in [-0.2, -0.15) is 0 Å². The summed E-state index contributed by atoms with van der Waals surface area (Å²) in [6.07, 6.45) is 0.370. The van der Waals surface area contributed by atoms with E-state index >= 15 is 0 Å². The number of rotatable bonds is 4. The average Bonchev–Trinajstić information content (AvgIpc) is 2.21. The molecule has 2 nitrogen and oxygen atoms in total. The highest BCUT2D eigenvalue weighted by Crippen LogP contribution is 2.21. The van der Waals surface area contributed by atoms with Crippen molar-refractivity contribution in [2.75, 3.05) is 0 Å². The summed E-state index contributed by atoms with van der Waals surface area (Å²) in [4.78, 5) is 0. The van der Waals surface area contributed by atoms with Crippen molar-refractivity contribution in [2.45, 2.75) is 31.9 Å². The summed E-state index contributed by atoms with van der Waals surface area (Å²) in [5, 5.41) is 9.57. The third kappa shape index (κ3) is 3.40. The third-order valence-corrected chi connectivity index (χ3v) is 2.34. The lowest BCUT2D eigenvalue weighted by atomic mass is 9.98. The van der Waals surface area contributed by atoms with Crippen LogP contribution >= 0.6 is 12.4 Å². The summed E-state index contributed by atoms with van der Waals surface area (Å²) in [7, 11) is 0. The molecule has 1 rings (SSSR count). The van der Waals surface area contributed by atoms with E-state index in [0.29, 0.717) is 6.42 Å². The first kappa shape index (κ1) is 15.3. The summed E-state index contributed by atoms with van der Waals surface area (Å²) in [6.45, 7) is 1.89. The van der Waals surface area contributed by atoms with Gasteiger partial charge in [0.25, 0.3) is 0 Å². The summed E-state index contributed by atoms with van der Waals surface area (Å²) in [6, 6.07) is 2.92. The van der Waals surface area contributed by atoms with Crippen molar-refractivity contribution in [1.29, 1.82) is 0 Å². The molecule has 0 bridgehead atoms. The molecule has 1 aromatic rings. The second-order valence-electron chi connectivity index (χ2n) is 3.52. The Morgan fingerprint density at radius 3 is 2.56 bits per heavy atom. The number of nitrogens with two attached hydrogens (primary N) is 1. The Labute approximate surface area is 99.9 Å². The molecule has 0 aliphatic rings. The van der Waals surface area contributed by atoms with E-state index in [9.17, 15) is 13.9 Å². The Bertz CT molecular complexity index is 336. The molecule has 1 aromatic carbocycles. The molecule has 92 valence electrons. The SMILES string of the molecule is CCC[C@H](O)[C@H](N)c1cccc(F)c1F.Cl. The topological polar surface area (TPSA) is 46.2 Å². The molecule has 0 unspecified atom stereocenters. The van der Waals surface area contributed by atoms with Crippen LogP contribution in [0.1, 0.15) is 31.4 Å². The normalized spacial score (nSPS) is 14.1. The predicted molar refractivity (Wildman–Crippen MR) is 61.4 cm³/mol. The van der Waals surface area contributed by atoms with Gasteiger partial charge in [-0.05, 0) is 12.5 Å². The highest BCUT2D eigenvalue weighted by Gasteiger charge is 2.20. The van der Waals surface area contributed by atoms with Gasteiger partial charge in [0.05, 0.1) is 12.1 Å². The highest BCUT2D eigenvalue weighted by atomic mass is 35.5. The zero-order valence-corrected chi connectivity index (χ0v) is 9.81. The maximum atomic E-state index is 13.3. The molecule has 5 heteroatoms. The van der Waals surface area contributed by atoms with E-state index in [-0.39, 0.29) is 18.0 Å². The highest BCUT2D eigenvalue weighted by molar-refractivity contribution is 5.85. The van der Waals surface area contributed by atoms with Crippen molar-refractivity contribution in [2.24, 2.45) is 5.73 Å². The maximum Gasteiger partial charge on any atom is 0.163 e. The molecule has 16 heavy (non-hydrogen) atoms. The molecule has 0 aromatic heterocycles. The number of hydrogen-bond acceptors (Lipinski definition) is 2. The Morgan fingerprint density at radius 2 is 2.00 bits per heavy atom. The van der Waals surface area contributed by atoms with E-state index in [2.05, 4.69) is 0 Å². The van der Waals surface area contributed by atoms with E-state index in [1.165, 1.54) is 12.1 Å². The second-order valence-corrected chi connectivity index (χ2v) is 3.52. The number of halogens is 3. The molecule has 2 atom stereocenters. The van der Waals surface area contributed by atoms with E-state index in [4.69, 9.17) is 5.73 Å². The van der Waals surface area contributed by atoms with E-state index < -0.39 is 23.8 Å². The molecule has 0 heterocycles. The fourth-order valence-corrected chi connectivity index (χ4v) is 1.46. The summed E-state index contributed by atoms with van der Waals surface area (Å²) >= 11 is 0. The van der Waals surface area contributed by atoms with Crippen LogP contribution in [0, 0.1) is 11.6 Å². The first-order valence-corrected chi connectivity index (χ1v) is 4.95. The van der Waals surface area contributed by atoms with Crippen LogP contribution in [0.4, 0.5) is 8.78 Å². The van der Waals surface area contributed by atoms with Gasteiger partial charge in [0.2, 0.25) is 0 Å². The quantitative estimate of drug-likeness (QED) is 0.864. The monoisotopic (exact) mass is 251 g/mol. The molecular weight excluding hydrogens is 236 g/mol. The fourth-order valence-electron chi connectivity index (χ4n) is 1.46. The Balaban J connectivity index is 0.00000225. The molecule has 0 spiro atoms. The van der Waals surface area contributed by atoms with Gasteiger partial charge in [-0.25, -0.2) is 8.78 Å². The van der Waals surface area contributed by atoms with Gasteiger partial charge in [-0.3, -0.25) is 0 Å². The number of hydrogen-bond donors (Lipinski definition) is 2. The molecule has 0 aliphatic carbocycles. The zero-order valence-electron chi connectivity index (χ0n) is 8.99. The van der Waals surface area contributed by atoms with Crippen LogP contribution in [-0.4, -0.2) is 11.2 Å². The van der Waals surface area contributed by atoms with Crippen LogP contribution in [0.2, 0.25) is 0 Å². The molecule has 0 amide bonds. The van der Waals surface area contributed by atoms with Gasteiger partial charge in [0.1, 0.15) is 0 Å². The number of aliphatic hydroxyl groups excluding tert-OH is 1. The Morgan fingerprint density at radius 1 is 1.38 bits per heavy atom. The minimum atomic E-state index is -0.972. The smallest absolute Gasteiger partial charge is 0.163 e. The standard InChI is InChI=1S/C11H15F2NO.ClH/c1-2-4-9(15)11(14)7-5-3-6-8(12)10(7)13;/h3,5-6,9,11,15H,2,4,14H2,1H3;1H/t9-,11+;/m0./s1. The van der Waals surface area contributed by atoms with Crippen molar-refractivity contribution in [3.8, 4) is 0 Å². The van der Waals surface area contributed by atoms with Gasteiger partial charge in [-0.1, -0.05) is 25.5 Å². The minimum absolute atomic E-state index is 0. The second kappa shape index (κ2) is 6.78. The molecule has 0 aliphatic heterocycles. The molecule has 0 fully saturated rings. The van der Waals surface area contributed by atoms with Crippen molar-refractivity contribution >= 4 is 12.4 Å². The average molecular weight is 252 g/mol. The third-order valence-electron chi connectivity index (χ3n) is 2.34. The molecule has 0 radical (unpaired) electrons. The first-order valence-electron chi connectivity index (χ1n) is 4.95. The molecule has 3 N–H and O–H groups in total. The van der Waals surface area contributed by atoms with Crippen molar-refractivity contribution < 1.29 is 13.9 Å². The fraction of sp³-hybridized carbons (Fsp3) is 0.455. The Hall–Kier alpha value is -0.710. The summed E-state index contributed by atoms with van der Waals surface area (Å²) in [5.41, 5.74) is 5.66. The minimum Gasteiger partial charge on any atom is -0.391 e. The van der Waals surface area contributed by atoms with Crippen LogP contribution in [0.15, 0.2) is 18.2 Å². The van der Waals surface area contributed by atoms with Crippen LogP contribution in [0.5, 0.6) is 0 Å².